The topological polar surface area (TPSA) is 54.2 Å². The molecule has 27 heavy (non-hydrogen) atoms. The Bertz CT molecular complexity index is 884. The molecule has 6 heteroatoms. The SMILES string of the molecule is CC(C)c1cnc2c(NCc3ccccc3)cc(SC3CCCNC3)nn12. The minimum Gasteiger partial charge on any atom is -0.378 e. The highest BCUT2D eigenvalue weighted by molar-refractivity contribution is 7.99. The molecule has 0 saturated carbocycles. The first-order valence-corrected chi connectivity index (χ1v) is 10.6. The standard InChI is InChI=1S/C21H27N5S/c1-15(2)19-14-24-21-18(23-12-16-7-4-3-5-8-16)11-20(25-26(19)21)27-17-9-6-10-22-13-17/h3-5,7-8,11,14-15,17,22-23H,6,9-10,12-13H2,1-2H3. The zero-order valence-electron chi connectivity index (χ0n) is 16.0. The van der Waals surface area contributed by atoms with Gasteiger partial charge < -0.3 is 10.6 Å². The molecule has 1 aliphatic rings. The molecule has 4 rings (SSSR count). The van der Waals surface area contributed by atoms with Crippen molar-refractivity contribution < 1.29 is 0 Å². The van der Waals surface area contributed by atoms with Crippen LogP contribution in [0.5, 0.6) is 0 Å². The van der Waals surface area contributed by atoms with Crippen molar-refractivity contribution in [1.29, 1.82) is 0 Å². The van der Waals surface area contributed by atoms with Gasteiger partial charge in [0.05, 0.1) is 17.6 Å². The molecule has 1 aromatic carbocycles. The molecule has 0 aliphatic carbocycles. The molecule has 3 heterocycles. The van der Waals surface area contributed by atoms with Crippen LogP contribution in [0.3, 0.4) is 0 Å². The first-order chi connectivity index (χ1) is 13.2. The summed E-state index contributed by atoms with van der Waals surface area (Å²) in [7, 11) is 0. The molecule has 2 N–H and O–H groups in total. The van der Waals surface area contributed by atoms with Crippen LogP contribution in [0.4, 0.5) is 5.69 Å². The van der Waals surface area contributed by atoms with Crippen LogP contribution in [-0.4, -0.2) is 32.9 Å². The molecule has 2 aromatic heterocycles. The summed E-state index contributed by atoms with van der Waals surface area (Å²) in [6.45, 7) is 7.34. The fourth-order valence-corrected chi connectivity index (χ4v) is 4.57. The maximum atomic E-state index is 4.92. The predicted molar refractivity (Wildman–Crippen MR) is 113 cm³/mol. The van der Waals surface area contributed by atoms with E-state index in [1.807, 2.05) is 28.5 Å². The van der Waals surface area contributed by atoms with E-state index in [9.17, 15) is 0 Å². The van der Waals surface area contributed by atoms with Crippen molar-refractivity contribution in [2.45, 2.75) is 49.4 Å². The minimum atomic E-state index is 0.381. The molecular weight excluding hydrogens is 354 g/mol. The number of benzene rings is 1. The molecule has 0 radical (unpaired) electrons. The lowest BCUT2D eigenvalue weighted by atomic mass is 10.2. The molecule has 1 unspecified atom stereocenters. The molecule has 142 valence electrons. The summed E-state index contributed by atoms with van der Waals surface area (Å²) in [5, 5.41) is 13.6. The average molecular weight is 382 g/mol. The summed E-state index contributed by atoms with van der Waals surface area (Å²) in [6, 6.07) is 12.6. The van der Waals surface area contributed by atoms with E-state index in [1.165, 1.54) is 18.4 Å². The third-order valence-electron chi connectivity index (χ3n) is 4.93. The van der Waals surface area contributed by atoms with Crippen LogP contribution in [0.1, 0.15) is 43.9 Å². The first-order valence-electron chi connectivity index (χ1n) is 9.74. The molecule has 0 amide bonds. The van der Waals surface area contributed by atoms with E-state index in [1.54, 1.807) is 0 Å². The number of aromatic nitrogens is 3. The number of hydrogen-bond acceptors (Lipinski definition) is 5. The Labute approximate surface area is 165 Å². The van der Waals surface area contributed by atoms with Gasteiger partial charge in [-0.1, -0.05) is 55.9 Å². The molecule has 3 aromatic rings. The van der Waals surface area contributed by atoms with Crippen molar-refractivity contribution in [1.82, 2.24) is 19.9 Å². The monoisotopic (exact) mass is 381 g/mol. The van der Waals surface area contributed by atoms with Crippen molar-refractivity contribution in [3.8, 4) is 0 Å². The number of nitrogens with one attached hydrogen (secondary N) is 2. The van der Waals surface area contributed by atoms with Crippen LogP contribution in [0.15, 0.2) is 47.6 Å². The van der Waals surface area contributed by atoms with Gasteiger partial charge in [0.1, 0.15) is 5.03 Å². The van der Waals surface area contributed by atoms with E-state index in [0.29, 0.717) is 11.2 Å². The van der Waals surface area contributed by atoms with E-state index in [0.717, 1.165) is 41.7 Å². The van der Waals surface area contributed by atoms with E-state index in [4.69, 9.17) is 5.10 Å². The van der Waals surface area contributed by atoms with Gasteiger partial charge in [-0.25, -0.2) is 9.50 Å². The maximum Gasteiger partial charge on any atom is 0.177 e. The highest BCUT2D eigenvalue weighted by Crippen LogP contribution is 2.30. The number of nitrogens with zero attached hydrogens (tertiary/aromatic N) is 3. The van der Waals surface area contributed by atoms with Gasteiger partial charge in [0, 0.05) is 18.3 Å². The molecule has 0 spiro atoms. The number of hydrogen-bond donors (Lipinski definition) is 2. The van der Waals surface area contributed by atoms with Crippen LogP contribution in [-0.2, 0) is 6.54 Å². The second kappa shape index (κ2) is 8.31. The van der Waals surface area contributed by atoms with Crippen molar-refractivity contribution in [2.24, 2.45) is 0 Å². The van der Waals surface area contributed by atoms with E-state index < -0.39 is 0 Å². The Kier molecular flexibility index (Phi) is 5.64. The van der Waals surface area contributed by atoms with Crippen LogP contribution in [0, 0.1) is 0 Å². The minimum absolute atomic E-state index is 0.381. The van der Waals surface area contributed by atoms with Gasteiger partial charge in [-0.15, -0.1) is 0 Å². The number of rotatable bonds is 6. The summed E-state index contributed by atoms with van der Waals surface area (Å²) in [5.74, 6) is 0.381. The summed E-state index contributed by atoms with van der Waals surface area (Å²) < 4.78 is 2.02. The van der Waals surface area contributed by atoms with Gasteiger partial charge >= 0.3 is 0 Å². The molecular formula is C21H27N5S. The van der Waals surface area contributed by atoms with Gasteiger partial charge in [0.25, 0.3) is 0 Å². The second-order valence-electron chi connectivity index (χ2n) is 7.39. The van der Waals surface area contributed by atoms with Crippen molar-refractivity contribution in [3.05, 3.63) is 53.9 Å². The zero-order chi connectivity index (χ0) is 18.6. The third-order valence-corrected chi connectivity index (χ3v) is 6.10. The summed E-state index contributed by atoms with van der Waals surface area (Å²) in [6.07, 6.45) is 4.43. The van der Waals surface area contributed by atoms with Crippen LogP contribution in [0.25, 0.3) is 5.65 Å². The van der Waals surface area contributed by atoms with Gasteiger partial charge in [0.2, 0.25) is 0 Å². The highest BCUT2D eigenvalue weighted by atomic mass is 32.2. The lowest BCUT2D eigenvalue weighted by Gasteiger charge is -2.22. The quantitative estimate of drug-likeness (QED) is 0.666. The number of imidazole rings is 1. The molecule has 1 atom stereocenters. The molecule has 1 fully saturated rings. The highest BCUT2D eigenvalue weighted by Gasteiger charge is 2.18. The van der Waals surface area contributed by atoms with E-state index in [-0.39, 0.29) is 0 Å². The molecule has 1 aliphatic heterocycles. The smallest absolute Gasteiger partial charge is 0.177 e. The number of thioether (sulfide) groups is 1. The Morgan fingerprint density at radius 3 is 2.89 bits per heavy atom. The average Bonchev–Trinajstić information content (AvgIpc) is 3.12. The predicted octanol–water partition coefficient (Wildman–Crippen LogP) is 4.31. The zero-order valence-corrected chi connectivity index (χ0v) is 16.8. The van der Waals surface area contributed by atoms with Crippen LogP contribution in [0.2, 0.25) is 0 Å². The molecule has 5 nitrogen and oxygen atoms in total. The van der Waals surface area contributed by atoms with Crippen LogP contribution >= 0.6 is 11.8 Å². The Morgan fingerprint density at radius 1 is 1.30 bits per heavy atom. The summed E-state index contributed by atoms with van der Waals surface area (Å²) >= 11 is 1.88. The lowest BCUT2D eigenvalue weighted by Crippen LogP contribution is -2.31. The Morgan fingerprint density at radius 2 is 2.15 bits per heavy atom. The van der Waals surface area contributed by atoms with Gasteiger partial charge in [-0.05, 0) is 36.9 Å². The Balaban J connectivity index is 1.64. The largest absolute Gasteiger partial charge is 0.378 e. The first kappa shape index (κ1) is 18.3. The Hall–Kier alpha value is -2.05. The summed E-state index contributed by atoms with van der Waals surface area (Å²) in [4.78, 5) is 4.66. The van der Waals surface area contributed by atoms with Crippen molar-refractivity contribution in [3.63, 3.8) is 0 Å². The fraction of sp³-hybridized carbons (Fsp3) is 0.429. The molecule has 0 bridgehead atoms. The normalized spacial score (nSPS) is 17.5. The van der Waals surface area contributed by atoms with Gasteiger partial charge in [0.15, 0.2) is 5.65 Å². The lowest BCUT2D eigenvalue weighted by molar-refractivity contribution is 0.531. The maximum absolute atomic E-state index is 4.92. The third kappa shape index (κ3) is 4.28. The fourth-order valence-electron chi connectivity index (χ4n) is 3.43. The van der Waals surface area contributed by atoms with E-state index >= 15 is 0 Å². The summed E-state index contributed by atoms with van der Waals surface area (Å²) in [5.41, 5.74) is 4.36. The van der Waals surface area contributed by atoms with Gasteiger partial charge in [-0.2, -0.15) is 5.10 Å². The number of piperidine rings is 1. The number of anilines is 1. The second-order valence-corrected chi connectivity index (χ2v) is 8.72. The van der Waals surface area contributed by atoms with Crippen LogP contribution < -0.4 is 10.6 Å². The number of fused-ring (bicyclic) bond motifs is 1. The van der Waals surface area contributed by atoms with Crippen molar-refractivity contribution >= 4 is 23.1 Å². The molecule has 1 saturated heterocycles. The van der Waals surface area contributed by atoms with Gasteiger partial charge in [-0.3, -0.25) is 0 Å². The van der Waals surface area contributed by atoms with E-state index in [2.05, 4.69) is 59.8 Å². The van der Waals surface area contributed by atoms with Crippen molar-refractivity contribution in [2.75, 3.05) is 18.4 Å².